The zero-order valence-corrected chi connectivity index (χ0v) is 10.6. The first-order valence-electron chi connectivity index (χ1n) is 6.02. The maximum Gasteiger partial charge on any atom is 0.0520 e. The molecule has 0 aliphatic carbocycles. The van der Waals surface area contributed by atoms with E-state index in [4.69, 9.17) is 0 Å². The Morgan fingerprint density at radius 2 is 2.06 bits per heavy atom. The third-order valence-electron chi connectivity index (χ3n) is 3.22. The summed E-state index contributed by atoms with van der Waals surface area (Å²) in [4.78, 5) is 4.15. The average Bonchev–Trinajstić information content (AvgIpc) is 2.26. The van der Waals surface area contributed by atoms with Gasteiger partial charge in [0.15, 0.2) is 0 Å². The molecule has 1 N–H and O–H groups in total. The van der Waals surface area contributed by atoms with Gasteiger partial charge in [0.1, 0.15) is 0 Å². The summed E-state index contributed by atoms with van der Waals surface area (Å²) in [5, 5.41) is 12.0. The Morgan fingerprint density at radius 3 is 2.76 bits per heavy atom. The molecule has 90 valence electrons. The van der Waals surface area contributed by atoms with Crippen molar-refractivity contribution in [2.24, 2.45) is 0 Å². The van der Waals surface area contributed by atoms with E-state index in [9.17, 15) is 5.11 Å². The van der Waals surface area contributed by atoms with Crippen molar-refractivity contribution in [2.75, 3.05) is 0 Å². The number of aliphatic hydroxyl groups is 1. The van der Waals surface area contributed by atoms with Gasteiger partial charge in [0.05, 0.1) is 6.10 Å². The minimum atomic E-state index is -0.290. The summed E-state index contributed by atoms with van der Waals surface area (Å²) in [6.45, 7) is 6.19. The number of benzene rings is 1. The molecule has 1 atom stereocenters. The van der Waals surface area contributed by atoms with E-state index < -0.39 is 0 Å². The largest absolute Gasteiger partial charge is 0.393 e. The van der Waals surface area contributed by atoms with Crippen LogP contribution in [0.25, 0.3) is 10.8 Å². The number of aliphatic hydroxyl groups excluding tert-OH is 1. The Hall–Kier alpha value is -1.41. The normalized spacial score (nSPS) is 13.9. The highest BCUT2D eigenvalue weighted by Gasteiger charge is 2.24. The summed E-state index contributed by atoms with van der Waals surface area (Å²) < 4.78 is 0. The summed E-state index contributed by atoms with van der Waals surface area (Å²) in [7, 11) is 0. The van der Waals surface area contributed by atoms with Crippen LogP contribution in [0.5, 0.6) is 0 Å². The van der Waals surface area contributed by atoms with E-state index in [2.05, 4.69) is 43.1 Å². The maximum atomic E-state index is 9.61. The van der Waals surface area contributed by atoms with Crippen LogP contribution in [0.15, 0.2) is 36.7 Å². The van der Waals surface area contributed by atoms with E-state index >= 15 is 0 Å². The van der Waals surface area contributed by atoms with Crippen LogP contribution in [0.3, 0.4) is 0 Å². The van der Waals surface area contributed by atoms with Crippen molar-refractivity contribution in [1.82, 2.24) is 4.98 Å². The van der Waals surface area contributed by atoms with Gasteiger partial charge in [-0.1, -0.05) is 32.0 Å². The molecule has 0 saturated carbocycles. The molecular weight excluding hydrogens is 210 g/mol. The number of hydrogen-bond acceptors (Lipinski definition) is 2. The molecule has 2 aromatic rings. The van der Waals surface area contributed by atoms with Gasteiger partial charge in [-0.2, -0.15) is 0 Å². The molecule has 17 heavy (non-hydrogen) atoms. The summed E-state index contributed by atoms with van der Waals surface area (Å²) >= 11 is 0. The van der Waals surface area contributed by atoms with Crippen molar-refractivity contribution in [3.8, 4) is 0 Å². The molecule has 0 radical (unpaired) electrons. The summed E-state index contributed by atoms with van der Waals surface area (Å²) in [6, 6.07) is 8.33. The van der Waals surface area contributed by atoms with E-state index in [1.807, 2.05) is 19.3 Å². The summed E-state index contributed by atoms with van der Waals surface area (Å²) in [5.74, 6) is 0. The second kappa shape index (κ2) is 4.46. The van der Waals surface area contributed by atoms with Crippen LogP contribution in [-0.2, 0) is 5.41 Å². The molecule has 0 aliphatic heterocycles. The molecule has 0 saturated heterocycles. The molecule has 0 amide bonds. The molecule has 1 heterocycles. The van der Waals surface area contributed by atoms with Gasteiger partial charge in [0.25, 0.3) is 0 Å². The fourth-order valence-electron chi connectivity index (χ4n) is 2.56. The zero-order chi connectivity index (χ0) is 12.5. The molecule has 0 bridgehead atoms. The van der Waals surface area contributed by atoms with Gasteiger partial charge in [-0.3, -0.25) is 4.98 Å². The molecule has 1 aromatic carbocycles. The van der Waals surface area contributed by atoms with Gasteiger partial charge in [0, 0.05) is 17.8 Å². The highest BCUT2D eigenvalue weighted by atomic mass is 16.3. The lowest BCUT2D eigenvalue weighted by atomic mass is 9.78. The second-order valence-electron chi connectivity index (χ2n) is 5.34. The van der Waals surface area contributed by atoms with Gasteiger partial charge in [-0.05, 0) is 35.8 Å². The van der Waals surface area contributed by atoms with Crippen LogP contribution >= 0.6 is 0 Å². The highest BCUT2D eigenvalue weighted by Crippen LogP contribution is 2.33. The molecule has 1 unspecified atom stereocenters. The van der Waals surface area contributed by atoms with Gasteiger partial charge < -0.3 is 5.11 Å². The van der Waals surface area contributed by atoms with E-state index in [0.717, 1.165) is 11.8 Å². The van der Waals surface area contributed by atoms with Crippen LogP contribution < -0.4 is 0 Å². The van der Waals surface area contributed by atoms with Crippen molar-refractivity contribution >= 4 is 10.8 Å². The van der Waals surface area contributed by atoms with Crippen LogP contribution in [0.2, 0.25) is 0 Å². The SMILES string of the molecule is CC(O)CC(C)(C)c1cccc2cnccc12. The zero-order valence-electron chi connectivity index (χ0n) is 10.6. The molecule has 0 aliphatic rings. The van der Waals surface area contributed by atoms with Crippen molar-refractivity contribution in [2.45, 2.75) is 38.7 Å². The molecule has 1 aromatic heterocycles. The third-order valence-corrected chi connectivity index (χ3v) is 3.22. The first-order chi connectivity index (χ1) is 8.00. The molecular formula is C15H19NO. The lowest BCUT2D eigenvalue weighted by Crippen LogP contribution is -2.23. The van der Waals surface area contributed by atoms with Gasteiger partial charge in [-0.25, -0.2) is 0 Å². The van der Waals surface area contributed by atoms with Gasteiger partial charge in [-0.15, -0.1) is 0 Å². The number of hydrogen-bond donors (Lipinski definition) is 1. The highest BCUT2D eigenvalue weighted by molar-refractivity contribution is 5.85. The minimum absolute atomic E-state index is 0.0327. The Kier molecular flexibility index (Phi) is 3.16. The molecule has 2 heteroatoms. The summed E-state index contributed by atoms with van der Waals surface area (Å²) in [5.41, 5.74) is 1.24. The first kappa shape index (κ1) is 12.1. The fraction of sp³-hybridized carbons (Fsp3) is 0.400. The molecule has 0 spiro atoms. The summed E-state index contributed by atoms with van der Waals surface area (Å²) in [6.07, 6.45) is 4.18. The van der Waals surface area contributed by atoms with E-state index in [0.29, 0.717) is 0 Å². The van der Waals surface area contributed by atoms with Crippen LogP contribution in [0.4, 0.5) is 0 Å². The minimum Gasteiger partial charge on any atom is -0.393 e. The number of rotatable bonds is 3. The van der Waals surface area contributed by atoms with Crippen molar-refractivity contribution in [3.05, 3.63) is 42.2 Å². The molecule has 2 nitrogen and oxygen atoms in total. The van der Waals surface area contributed by atoms with Crippen LogP contribution in [-0.4, -0.2) is 16.2 Å². The second-order valence-corrected chi connectivity index (χ2v) is 5.34. The maximum absolute atomic E-state index is 9.61. The number of nitrogens with zero attached hydrogens (tertiary/aromatic N) is 1. The first-order valence-corrected chi connectivity index (χ1v) is 6.02. The predicted molar refractivity (Wildman–Crippen MR) is 71.1 cm³/mol. The number of pyridine rings is 1. The fourth-order valence-corrected chi connectivity index (χ4v) is 2.56. The number of fused-ring (bicyclic) bond motifs is 1. The third kappa shape index (κ3) is 2.47. The topological polar surface area (TPSA) is 33.1 Å². The monoisotopic (exact) mass is 229 g/mol. The standard InChI is InChI=1S/C15H19NO/c1-11(17)9-15(2,3)14-6-4-5-12-10-16-8-7-13(12)14/h4-8,10-11,17H,9H2,1-3H3. The van der Waals surface area contributed by atoms with Gasteiger partial charge >= 0.3 is 0 Å². The molecule has 2 rings (SSSR count). The van der Waals surface area contributed by atoms with E-state index in [-0.39, 0.29) is 11.5 Å². The van der Waals surface area contributed by atoms with Crippen molar-refractivity contribution < 1.29 is 5.11 Å². The van der Waals surface area contributed by atoms with Crippen LogP contribution in [0.1, 0.15) is 32.8 Å². The lowest BCUT2D eigenvalue weighted by Gasteiger charge is -2.28. The van der Waals surface area contributed by atoms with Crippen LogP contribution in [0, 0.1) is 0 Å². The average molecular weight is 229 g/mol. The Labute approximate surface area is 102 Å². The quantitative estimate of drug-likeness (QED) is 0.876. The molecule has 0 fully saturated rings. The Bertz CT molecular complexity index is 512. The van der Waals surface area contributed by atoms with Gasteiger partial charge in [0.2, 0.25) is 0 Å². The number of aromatic nitrogens is 1. The van der Waals surface area contributed by atoms with Crippen molar-refractivity contribution in [3.63, 3.8) is 0 Å². The van der Waals surface area contributed by atoms with E-state index in [1.54, 1.807) is 0 Å². The predicted octanol–water partition coefficient (Wildman–Crippen LogP) is 3.28. The van der Waals surface area contributed by atoms with Crippen molar-refractivity contribution in [1.29, 1.82) is 0 Å². The smallest absolute Gasteiger partial charge is 0.0520 e. The Morgan fingerprint density at radius 1 is 1.29 bits per heavy atom. The van der Waals surface area contributed by atoms with E-state index in [1.165, 1.54) is 10.9 Å². The lowest BCUT2D eigenvalue weighted by molar-refractivity contribution is 0.157. The Balaban J connectivity index is 2.55.